The normalized spacial score (nSPS) is 10.4. The Morgan fingerprint density at radius 1 is 0.750 bits per heavy atom. The molecule has 0 heterocycles. The van der Waals surface area contributed by atoms with E-state index in [1.807, 2.05) is 60.7 Å². The number of carbonyl (C=O) groups is 2. The number of carbonyl (C=O) groups excluding carboxylic acids is 2. The molecule has 0 fully saturated rings. The van der Waals surface area contributed by atoms with Gasteiger partial charge in [0.25, 0.3) is 0 Å². The molecule has 0 saturated heterocycles. The molecule has 0 bridgehead atoms. The number of rotatable bonds is 8. The zero-order valence-electron chi connectivity index (χ0n) is 16.3. The zero-order valence-corrected chi connectivity index (χ0v) is 17.9. The standard InChI is InChI=1S/C22H24N2O2S2/c1-16(19(25)14-23(2)21(27)17-10-6-4-7-11-17)20(26)15-24(3)22(28)18-12-8-5-9-13-18/h4-13,16H,14-15H2,1-3H3. The van der Waals surface area contributed by atoms with Gasteiger partial charge in [0.2, 0.25) is 0 Å². The van der Waals surface area contributed by atoms with Crippen LogP contribution in [0.2, 0.25) is 0 Å². The average Bonchev–Trinajstić information content (AvgIpc) is 2.72. The molecule has 0 spiro atoms. The predicted molar refractivity (Wildman–Crippen MR) is 121 cm³/mol. The summed E-state index contributed by atoms with van der Waals surface area (Å²) >= 11 is 10.9. The molecule has 0 saturated carbocycles. The van der Waals surface area contributed by atoms with Crippen LogP contribution in [0.5, 0.6) is 0 Å². The first-order valence-corrected chi connectivity index (χ1v) is 9.79. The topological polar surface area (TPSA) is 40.6 Å². The van der Waals surface area contributed by atoms with E-state index in [9.17, 15) is 9.59 Å². The smallest absolute Gasteiger partial charge is 0.162 e. The highest BCUT2D eigenvalue weighted by Gasteiger charge is 2.25. The Morgan fingerprint density at radius 3 is 1.39 bits per heavy atom. The van der Waals surface area contributed by atoms with Gasteiger partial charge in [-0.15, -0.1) is 0 Å². The van der Waals surface area contributed by atoms with Crippen molar-refractivity contribution in [1.82, 2.24) is 9.80 Å². The average molecular weight is 413 g/mol. The van der Waals surface area contributed by atoms with E-state index in [2.05, 4.69) is 0 Å². The van der Waals surface area contributed by atoms with Gasteiger partial charge in [-0.05, 0) is 6.92 Å². The number of nitrogens with zero attached hydrogens (tertiary/aromatic N) is 2. The maximum atomic E-state index is 12.6. The summed E-state index contributed by atoms with van der Waals surface area (Å²) in [4.78, 5) is 29.7. The number of benzene rings is 2. The molecule has 0 N–H and O–H groups in total. The van der Waals surface area contributed by atoms with E-state index in [1.54, 1.807) is 30.8 Å². The Balaban J connectivity index is 1.92. The van der Waals surface area contributed by atoms with Crippen LogP contribution in [0.25, 0.3) is 0 Å². The minimum atomic E-state index is -0.720. The van der Waals surface area contributed by atoms with Gasteiger partial charge in [-0.25, -0.2) is 0 Å². The molecule has 6 heteroatoms. The van der Waals surface area contributed by atoms with Gasteiger partial charge < -0.3 is 9.80 Å². The van der Waals surface area contributed by atoms with Gasteiger partial charge in [0.05, 0.1) is 19.0 Å². The van der Waals surface area contributed by atoms with E-state index in [1.165, 1.54) is 0 Å². The Hall–Kier alpha value is -2.44. The van der Waals surface area contributed by atoms with E-state index in [-0.39, 0.29) is 24.7 Å². The maximum Gasteiger partial charge on any atom is 0.162 e. The second-order valence-electron chi connectivity index (χ2n) is 6.71. The second kappa shape index (κ2) is 10.2. The van der Waals surface area contributed by atoms with Crippen molar-refractivity contribution in [2.75, 3.05) is 27.2 Å². The number of Topliss-reactive ketones (excluding diaryl/α,β-unsaturated/α-hetero) is 2. The van der Waals surface area contributed by atoms with Crippen LogP contribution in [0.1, 0.15) is 18.1 Å². The van der Waals surface area contributed by atoms with Crippen LogP contribution in [-0.2, 0) is 9.59 Å². The highest BCUT2D eigenvalue weighted by atomic mass is 32.1. The Morgan fingerprint density at radius 2 is 1.07 bits per heavy atom. The summed E-state index contributed by atoms with van der Waals surface area (Å²) in [5, 5.41) is 0. The van der Waals surface area contributed by atoms with Crippen molar-refractivity contribution in [3.05, 3.63) is 71.8 Å². The molecule has 2 aromatic rings. The number of likely N-dealkylation sites (N-methyl/N-ethyl adjacent to an activating group) is 2. The van der Waals surface area contributed by atoms with E-state index < -0.39 is 5.92 Å². The fraction of sp³-hybridized carbons (Fsp3) is 0.273. The van der Waals surface area contributed by atoms with E-state index in [4.69, 9.17) is 24.4 Å². The highest BCUT2D eigenvalue weighted by molar-refractivity contribution is 7.80. The van der Waals surface area contributed by atoms with E-state index >= 15 is 0 Å². The Kier molecular flexibility index (Phi) is 7.96. The van der Waals surface area contributed by atoms with Gasteiger partial charge >= 0.3 is 0 Å². The first kappa shape index (κ1) is 21.9. The molecule has 2 rings (SSSR count). The van der Waals surface area contributed by atoms with Gasteiger partial charge in [0.1, 0.15) is 9.98 Å². The molecular formula is C22H24N2O2S2. The molecule has 0 atom stereocenters. The summed E-state index contributed by atoms with van der Waals surface area (Å²) in [6.07, 6.45) is 0. The van der Waals surface area contributed by atoms with E-state index in [0.29, 0.717) is 9.98 Å². The van der Waals surface area contributed by atoms with Crippen LogP contribution in [0, 0.1) is 5.92 Å². The number of ketones is 2. The summed E-state index contributed by atoms with van der Waals surface area (Å²) in [5.74, 6) is -1.04. The maximum absolute atomic E-state index is 12.6. The van der Waals surface area contributed by atoms with Crippen molar-refractivity contribution in [1.29, 1.82) is 0 Å². The van der Waals surface area contributed by atoms with E-state index in [0.717, 1.165) is 11.1 Å². The van der Waals surface area contributed by atoms with Gasteiger partial charge in [-0.1, -0.05) is 85.1 Å². The Labute approximate surface area is 177 Å². The first-order valence-electron chi connectivity index (χ1n) is 8.97. The van der Waals surface area contributed by atoms with Gasteiger partial charge in [-0.2, -0.15) is 0 Å². The molecule has 0 aromatic heterocycles. The largest absolute Gasteiger partial charge is 0.358 e. The second-order valence-corrected chi connectivity index (χ2v) is 7.48. The summed E-state index contributed by atoms with van der Waals surface area (Å²) in [6.45, 7) is 1.82. The lowest BCUT2D eigenvalue weighted by atomic mass is 10.00. The van der Waals surface area contributed by atoms with Crippen LogP contribution in [-0.4, -0.2) is 58.5 Å². The number of thiocarbonyl (C=S) groups is 2. The summed E-state index contributed by atoms with van der Waals surface area (Å²) in [5.41, 5.74) is 1.75. The summed E-state index contributed by atoms with van der Waals surface area (Å²) in [6, 6.07) is 19.0. The van der Waals surface area contributed by atoms with Crippen LogP contribution in [0.4, 0.5) is 0 Å². The lowest BCUT2D eigenvalue weighted by molar-refractivity contribution is -0.132. The van der Waals surface area contributed by atoms with Crippen molar-refractivity contribution in [3.8, 4) is 0 Å². The van der Waals surface area contributed by atoms with Crippen molar-refractivity contribution in [2.24, 2.45) is 5.92 Å². The van der Waals surface area contributed by atoms with Crippen molar-refractivity contribution in [2.45, 2.75) is 6.92 Å². The lowest BCUT2D eigenvalue weighted by Gasteiger charge is -2.23. The molecule has 0 aliphatic heterocycles. The molecule has 28 heavy (non-hydrogen) atoms. The fourth-order valence-corrected chi connectivity index (χ4v) is 3.07. The van der Waals surface area contributed by atoms with Gasteiger partial charge in [0.15, 0.2) is 11.6 Å². The monoisotopic (exact) mass is 412 g/mol. The molecule has 0 radical (unpaired) electrons. The predicted octanol–water partition coefficient (Wildman–Crippen LogP) is 3.38. The fourth-order valence-electron chi connectivity index (χ4n) is 2.67. The van der Waals surface area contributed by atoms with Gasteiger partial charge in [-0.3, -0.25) is 9.59 Å². The van der Waals surface area contributed by atoms with Crippen molar-refractivity contribution < 1.29 is 9.59 Å². The van der Waals surface area contributed by atoms with Crippen LogP contribution in [0.3, 0.4) is 0 Å². The van der Waals surface area contributed by atoms with Crippen LogP contribution >= 0.6 is 24.4 Å². The van der Waals surface area contributed by atoms with Crippen LogP contribution < -0.4 is 0 Å². The third-order valence-electron chi connectivity index (χ3n) is 4.49. The molecule has 0 amide bonds. The van der Waals surface area contributed by atoms with Crippen molar-refractivity contribution in [3.63, 3.8) is 0 Å². The molecule has 0 unspecified atom stereocenters. The molecule has 146 valence electrons. The molecular weight excluding hydrogens is 388 g/mol. The summed E-state index contributed by atoms with van der Waals surface area (Å²) in [7, 11) is 3.53. The minimum absolute atomic E-state index is 0.0908. The summed E-state index contributed by atoms with van der Waals surface area (Å²) < 4.78 is 0. The SMILES string of the molecule is CC(C(=O)CN(C)C(=S)c1ccccc1)C(=O)CN(C)C(=S)c1ccccc1. The zero-order chi connectivity index (χ0) is 20.7. The van der Waals surface area contributed by atoms with Crippen LogP contribution in [0.15, 0.2) is 60.7 Å². The molecule has 0 aliphatic rings. The third kappa shape index (κ3) is 5.78. The first-order chi connectivity index (χ1) is 13.3. The lowest BCUT2D eigenvalue weighted by Crippen LogP contribution is -2.40. The minimum Gasteiger partial charge on any atom is -0.358 e. The third-order valence-corrected chi connectivity index (χ3v) is 5.58. The molecule has 0 aliphatic carbocycles. The number of hydrogen-bond acceptors (Lipinski definition) is 4. The highest BCUT2D eigenvalue weighted by Crippen LogP contribution is 2.09. The van der Waals surface area contributed by atoms with Crippen molar-refractivity contribution >= 4 is 46.0 Å². The Bertz CT molecular complexity index is 782. The van der Waals surface area contributed by atoms with Gasteiger partial charge in [0, 0.05) is 25.2 Å². The molecule has 2 aromatic carbocycles. The molecule has 4 nitrogen and oxygen atoms in total. The number of hydrogen-bond donors (Lipinski definition) is 0. The quantitative estimate of drug-likeness (QED) is 0.489.